The van der Waals surface area contributed by atoms with E-state index in [4.69, 9.17) is 9.97 Å². The van der Waals surface area contributed by atoms with Gasteiger partial charge in [0, 0.05) is 4.90 Å². The molecule has 0 fully saturated rings. The van der Waals surface area contributed by atoms with E-state index in [9.17, 15) is 0 Å². The molecule has 0 aliphatic carbocycles. The highest BCUT2D eigenvalue weighted by Crippen LogP contribution is 2.38. The summed E-state index contributed by atoms with van der Waals surface area (Å²) in [5.74, 6) is 0. The molecule has 4 nitrogen and oxygen atoms in total. The summed E-state index contributed by atoms with van der Waals surface area (Å²) in [5.41, 5.74) is 3.09. The molecule has 0 saturated heterocycles. The van der Waals surface area contributed by atoms with Crippen LogP contribution in [-0.4, -0.2) is 21.2 Å². The monoisotopic (exact) mass is 400 g/mol. The topological polar surface area (TPSA) is 50.7 Å². The third kappa shape index (κ3) is 2.60. The molecule has 0 unspecified atom stereocenters. The number of anilines is 2. The van der Waals surface area contributed by atoms with E-state index >= 15 is 0 Å². The lowest BCUT2D eigenvalue weighted by molar-refractivity contribution is 1.35. The van der Waals surface area contributed by atoms with Gasteiger partial charge in [-0.15, -0.1) is 23.1 Å². The number of para-hydroxylation sites is 1. The Labute approximate surface area is 160 Å². The van der Waals surface area contributed by atoms with Gasteiger partial charge in [0.1, 0.15) is 5.52 Å². The average molecular weight is 401 g/mol. The first kappa shape index (κ1) is 15.5. The number of hydrogen-bond donors (Lipinski definition) is 1. The normalized spacial score (nSPS) is 11.8. The van der Waals surface area contributed by atoms with Gasteiger partial charge in [-0.05, 0) is 37.4 Å². The van der Waals surface area contributed by atoms with Crippen molar-refractivity contribution in [2.45, 2.75) is 11.8 Å². The molecular weight excluding hydrogens is 388 g/mol. The Bertz CT molecular complexity index is 1230. The third-order valence-electron chi connectivity index (χ3n) is 3.84. The Hall–Kier alpha value is -1.74. The van der Waals surface area contributed by atoms with Gasteiger partial charge in [-0.2, -0.15) is 0 Å². The highest BCUT2D eigenvalue weighted by atomic mass is 32.2. The first-order chi connectivity index (χ1) is 12.2. The van der Waals surface area contributed by atoms with Crippen LogP contribution in [0.3, 0.4) is 0 Å². The number of fused-ring (bicyclic) bond motifs is 4. The number of rotatable bonds is 3. The van der Waals surface area contributed by atoms with E-state index in [1.807, 2.05) is 6.92 Å². The molecule has 0 spiro atoms. The van der Waals surface area contributed by atoms with E-state index in [0.29, 0.717) is 0 Å². The van der Waals surface area contributed by atoms with Crippen LogP contribution in [0.4, 0.5) is 10.3 Å². The van der Waals surface area contributed by atoms with Crippen LogP contribution in [0, 0.1) is 6.92 Å². The van der Waals surface area contributed by atoms with Crippen LogP contribution < -0.4 is 5.32 Å². The Morgan fingerprint density at radius 3 is 2.60 bits per heavy atom. The number of nitrogens with one attached hydrogen (secondary N) is 1. The quantitative estimate of drug-likeness (QED) is 0.361. The number of nitrogens with zero attached hydrogens (tertiary/aromatic N) is 3. The molecule has 8 heteroatoms. The fourth-order valence-corrected chi connectivity index (χ4v) is 6.21. The Balaban J connectivity index is 1.58. The van der Waals surface area contributed by atoms with Gasteiger partial charge in [0.2, 0.25) is 0 Å². The largest absolute Gasteiger partial charge is 0.307 e. The van der Waals surface area contributed by atoms with Crippen LogP contribution in [0.15, 0.2) is 35.2 Å². The molecular formula is C17H12N4S4. The van der Waals surface area contributed by atoms with Gasteiger partial charge in [0.05, 0.1) is 30.1 Å². The van der Waals surface area contributed by atoms with Crippen molar-refractivity contribution in [3.8, 4) is 0 Å². The number of aryl methyl sites for hydroxylation is 1. The fourth-order valence-electron chi connectivity index (χ4n) is 2.77. The Morgan fingerprint density at radius 1 is 0.880 bits per heavy atom. The number of hydrogen-bond acceptors (Lipinski definition) is 8. The van der Waals surface area contributed by atoms with E-state index in [1.165, 1.54) is 14.3 Å². The van der Waals surface area contributed by atoms with Crippen molar-refractivity contribution >= 4 is 86.7 Å². The molecule has 0 radical (unpaired) electrons. The summed E-state index contributed by atoms with van der Waals surface area (Å²) in [7, 11) is 0. The number of benzene rings is 2. The molecule has 5 rings (SSSR count). The first-order valence-electron chi connectivity index (χ1n) is 7.58. The van der Waals surface area contributed by atoms with Gasteiger partial charge in [0.15, 0.2) is 10.3 Å². The summed E-state index contributed by atoms with van der Waals surface area (Å²) >= 11 is 6.74. The summed E-state index contributed by atoms with van der Waals surface area (Å²) in [6.45, 7) is 2.04. The van der Waals surface area contributed by atoms with Crippen molar-refractivity contribution in [3.63, 3.8) is 0 Å². The van der Waals surface area contributed by atoms with Crippen molar-refractivity contribution in [2.75, 3.05) is 11.6 Å². The Morgan fingerprint density at radius 2 is 1.72 bits per heavy atom. The standard InChI is InChI=1S/C17H12N4S4/c1-8-18-14-12(23-8)7-6-9-15(14)25-16(19-9)21-17-20-13-10(22-2)4-3-5-11(13)24-17/h3-7H,1-2H3,(H,19,20,21). The number of thioether (sulfide) groups is 1. The maximum absolute atomic E-state index is 4.76. The molecule has 25 heavy (non-hydrogen) atoms. The zero-order valence-corrected chi connectivity index (χ0v) is 16.6. The maximum Gasteiger partial charge on any atom is 0.190 e. The summed E-state index contributed by atoms with van der Waals surface area (Å²) in [4.78, 5) is 15.3. The predicted octanol–water partition coefficient (Wildman–Crippen LogP) is 6.29. The fraction of sp³-hybridized carbons (Fsp3) is 0.118. The van der Waals surface area contributed by atoms with Gasteiger partial charge in [-0.3, -0.25) is 0 Å². The lowest BCUT2D eigenvalue weighted by Gasteiger charge is -1.95. The van der Waals surface area contributed by atoms with Gasteiger partial charge < -0.3 is 5.32 Å². The lowest BCUT2D eigenvalue weighted by Crippen LogP contribution is -1.87. The van der Waals surface area contributed by atoms with E-state index in [-0.39, 0.29) is 0 Å². The van der Waals surface area contributed by atoms with E-state index in [1.54, 1.807) is 45.8 Å². The molecule has 0 amide bonds. The van der Waals surface area contributed by atoms with Crippen LogP contribution in [0.1, 0.15) is 5.01 Å². The minimum absolute atomic E-state index is 0.859. The molecule has 0 aliphatic rings. The molecule has 0 saturated carbocycles. The van der Waals surface area contributed by atoms with Crippen LogP contribution in [0.5, 0.6) is 0 Å². The minimum atomic E-state index is 0.859. The van der Waals surface area contributed by atoms with Crippen LogP contribution in [-0.2, 0) is 0 Å². The highest BCUT2D eigenvalue weighted by Gasteiger charge is 2.13. The average Bonchev–Trinajstić information content (AvgIpc) is 3.28. The SMILES string of the molecule is CSc1cccc2sc(Nc3nc4ccc5sc(C)nc5c4s3)nc12. The second-order valence-corrected chi connectivity index (χ2v) is 9.58. The van der Waals surface area contributed by atoms with E-state index in [2.05, 4.69) is 46.9 Å². The van der Waals surface area contributed by atoms with Crippen molar-refractivity contribution in [1.82, 2.24) is 15.0 Å². The molecule has 5 aromatic rings. The molecule has 3 aromatic heterocycles. The second-order valence-electron chi connectivity index (χ2n) is 5.46. The van der Waals surface area contributed by atoms with Gasteiger partial charge in [-0.25, -0.2) is 15.0 Å². The number of thiazole rings is 3. The number of aromatic nitrogens is 3. The molecule has 3 heterocycles. The summed E-state index contributed by atoms with van der Waals surface area (Å²) in [5, 5.41) is 6.21. The predicted molar refractivity (Wildman–Crippen MR) is 112 cm³/mol. The highest BCUT2D eigenvalue weighted by molar-refractivity contribution is 7.98. The van der Waals surface area contributed by atoms with Crippen LogP contribution in [0.25, 0.3) is 30.6 Å². The summed E-state index contributed by atoms with van der Waals surface area (Å²) in [6.07, 6.45) is 2.08. The zero-order chi connectivity index (χ0) is 17.0. The zero-order valence-electron chi connectivity index (χ0n) is 13.4. The minimum Gasteiger partial charge on any atom is -0.307 e. The molecule has 0 aliphatic heterocycles. The molecule has 1 N–H and O–H groups in total. The van der Waals surface area contributed by atoms with Crippen LogP contribution in [0.2, 0.25) is 0 Å². The summed E-state index contributed by atoms with van der Waals surface area (Å²) in [6, 6.07) is 10.5. The van der Waals surface area contributed by atoms with Gasteiger partial charge in [-0.1, -0.05) is 28.7 Å². The van der Waals surface area contributed by atoms with Crippen molar-refractivity contribution in [3.05, 3.63) is 35.3 Å². The third-order valence-corrected chi connectivity index (χ3v) is 7.47. The molecule has 0 atom stereocenters. The van der Waals surface area contributed by atoms with Crippen molar-refractivity contribution in [2.24, 2.45) is 0 Å². The van der Waals surface area contributed by atoms with Crippen molar-refractivity contribution < 1.29 is 0 Å². The van der Waals surface area contributed by atoms with E-state index in [0.717, 1.165) is 36.5 Å². The molecule has 2 aromatic carbocycles. The lowest BCUT2D eigenvalue weighted by atomic mass is 10.3. The summed E-state index contributed by atoms with van der Waals surface area (Å²) < 4.78 is 3.54. The molecule has 124 valence electrons. The van der Waals surface area contributed by atoms with Gasteiger partial charge in [0.25, 0.3) is 0 Å². The Kier molecular flexibility index (Phi) is 3.67. The van der Waals surface area contributed by atoms with E-state index < -0.39 is 0 Å². The van der Waals surface area contributed by atoms with Crippen molar-refractivity contribution in [1.29, 1.82) is 0 Å². The van der Waals surface area contributed by atoms with Gasteiger partial charge >= 0.3 is 0 Å². The second kappa shape index (κ2) is 5.91. The smallest absolute Gasteiger partial charge is 0.190 e. The maximum atomic E-state index is 4.76. The van der Waals surface area contributed by atoms with Crippen LogP contribution >= 0.6 is 45.8 Å². The first-order valence-corrected chi connectivity index (χ1v) is 11.3. The molecule has 0 bridgehead atoms.